The summed E-state index contributed by atoms with van der Waals surface area (Å²) < 4.78 is 6.39. The van der Waals surface area contributed by atoms with E-state index in [2.05, 4.69) is 16.8 Å². The quantitative estimate of drug-likeness (QED) is 0.275. The Morgan fingerprint density at radius 1 is 1.06 bits per heavy atom. The molecule has 0 atom stereocenters. The molecule has 0 aliphatic carbocycles. The summed E-state index contributed by atoms with van der Waals surface area (Å²) in [5.41, 5.74) is 1.52. The summed E-state index contributed by atoms with van der Waals surface area (Å²) in [4.78, 5) is 19.9. The Kier molecular flexibility index (Phi) is 8.33. The van der Waals surface area contributed by atoms with Crippen LogP contribution in [0.2, 0.25) is 10.0 Å². The molecule has 2 aliphatic rings. The van der Waals surface area contributed by atoms with Gasteiger partial charge in [0.2, 0.25) is 0 Å². The predicted molar refractivity (Wildman–Crippen MR) is 143 cm³/mol. The number of hydrogen-bond donors (Lipinski definition) is 0. The molecule has 0 bridgehead atoms. The van der Waals surface area contributed by atoms with Crippen LogP contribution in [0.5, 0.6) is 5.75 Å². The van der Waals surface area contributed by atoms with Crippen molar-refractivity contribution in [3.8, 4) is 5.75 Å². The molecule has 174 valence electrons. The third-order valence-corrected chi connectivity index (χ3v) is 7.65. The summed E-state index contributed by atoms with van der Waals surface area (Å²) in [6.07, 6.45) is 2.76. The maximum atomic E-state index is 13.0. The molecule has 0 radical (unpaired) electrons. The number of thioether (sulfide) groups is 1. The lowest BCUT2D eigenvalue weighted by Crippen LogP contribution is -2.44. The second-order valence-electron chi connectivity index (χ2n) is 8.03. The summed E-state index contributed by atoms with van der Waals surface area (Å²) in [5, 5.41) is 0.919. The Balaban J connectivity index is 1.32. The van der Waals surface area contributed by atoms with Gasteiger partial charge in [0.05, 0.1) is 27.2 Å². The number of halogens is 2. The van der Waals surface area contributed by atoms with Gasteiger partial charge in [0.15, 0.2) is 4.32 Å². The van der Waals surface area contributed by atoms with Crippen molar-refractivity contribution in [2.45, 2.75) is 6.42 Å². The van der Waals surface area contributed by atoms with Crippen LogP contribution in [-0.4, -0.2) is 66.4 Å². The van der Waals surface area contributed by atoms with Crippen molar-refractivity contribution in [1.29, 1.82) is 0 Å². The van der Waals surface area contributed by atoms with Crippen molar-refractivity contribution in [2.75, 3.05) is 51.3 Å². The molecular formula is C24H25Cl2N3O2S2. The average molecular weight is 523 g/mol. The molecule has 4 rings (SSSR count). The van der Waals surface area contributed by atoms with Gasteiger partial charge in [0.25, 0.3) is 5.91 Å². The molecule has 0 unspecified atom stereocenters. The Hall–Kier alpha value is -1.61. The zero-order valence-electron chi connectivity index (χ0n) is 18.3. The van der Waals surface area contributed by atoms with Gasteiger partial charge in [-0.2, -0.15) is 0 Å². The molecule has 2 aliphatic heterocycles. The fraction of sp³-hybridized carbons (Fsp3) is 0.333. The molecule has 33 heavy (non-hydrogen) atoms. The van der Waals surface area contributed by atoms with Crippen LogP contribution in [-0.2, 0) is 4.79 Å². The van der Waals surface area contributed by atoms with Crippen LogP contribution in [0.15, 0.2) is 47.4 Å². The molecule has 2 aromatic rings. The summed E-state index contributed by atoms with van der Waals surface area (Å²) in [7, 11) is 2.16. The van der Waals surface area contributed by atoms with Gasteiger partial charge in [-0.25, -0.2) is 0 Å². The lowest BCUT2D eigenvalue weighted by Gasteiger charge is -2.32. The van der Waals surface area contributed by atoms with Gasteiger partial charge < -0.3 is 14.5 Å². The highest BCUT2D eigenvalue weighted by atomic mass is 35.5. The van der Waals surface area contributed by atoms with Crippen LogP contribution in [0, 0.1) is 0 Å². The first-order valence-corrected chi connectivity index (χ1v) is 12.8. The molecule has 0 saturated carbocycles. The molecule has 0 N–H and O–H groups in total. The number of carbonyl (C=O) groups is 1. The summed E-state index contributed by atoms with van der Waals surface area (Å²) in [6.45, 7) is 6.21. The first kappa shape index (κ1) is 24.5. The Morgan fingerprint density at radius 2 is 1.79 bits per heavy atom. The first-order chi connectivity index (χ1) is 15.9. The number of thiocarbonyl (C=S) groups is 1. The number of nitrogens with zero attached hydrogens (tertiary/aromatic N) is 3. The highest BCUT2D eigenvalue weighted by molar-refractivity contribution is 8.27. The second kappa shape index (κ2) is 11.2. The van der Waals surface area contributed by atoms with E-state index in [9.17, 15) is 4.79 Å². The Labute approximate surface area is 214 Å². The molecule has 9 heteroatoms. The number of ether oxygens (including phenoxy) is 1. The number of likely N-dealkylation sites (N-methyl/N-ethyl adjacent to an activating group) is 1. The average Bonchev–Trinajstić information content (AvgIpc) is 3.08. The van der Waals surface area contributed by atoms with E-state index in [1.165, 1.54) is 11.8 Å². The van der Waals surface area contributed by atoms with Gasteiger partial charge in [-0.15, -0.1) is 0 Å². The van der Waals surface area contributed by atoms with Gasteiger partial charge in [0, 0.05) is 32.7 Å². The number of anilines is 1. The van der Waals surface area contributed by atoms with Crippen LogP contribution in [0.25, 0.3) is 6.08 Å². The molecule has 2 aromatic carbocycles. The number of piperazine rings is 1. The zero-order chi connectivity index (χ0) is 23.4. The topological polar surface area (TPSA) is 36.0 Å². The third-order valence-electron chi connectivity index (χ3n) is 5.61. The first-order valence-electron chi connectivity index (χ1n) is 10.8. The smallest absolute Gasteiger partial charge is 0.270 e. The fourth-order valence-electron chi connectivity index (χ4n) is 3.68. The van der Waals surface area contributed by atoms with Crippen molar-refractivity contribution < 1.29 is 9.53 Å². The van der Waals surface area contributed by atoms with E-state index in [1.54, 1.807) is 23.1 Å². The fourth-order valence-corrected chi connectivity index (χ4v) is 5.29. The minimum Gasteiger partial charge on any atom is -0.494 e. The van der Waals surface area contributed by atoms with E-state index in [-0.39, 0.29) is 5.91 Å². The standard InChI is InChI=1S/C24H25Cl2N3O2S2/c1-27-10-12-28(13-11-27)9-2-14-31-19-6-4-18(5-7-19)29-23(30)22(33-24(29)32)16-17-3-8-20(25)21(26)15-17/h3-8,15-16H,2,9-14H2,1H3. The van der Waals surface area contributed by atoms with Crippen LogP contribution in [0.3, 0.4) is 0 Å². The lowest BCUT2D eigenvalue weighted by atomic mass is 10.2. The maximum absolute atomic E-state index is 13.0. The number of benzene rings is 2. The van der Waals surface area contributed by atoms with Crippen molar-refractivity contribution in [3.63, 3.8) is 0 Å². The largest absolute Gasteiger partial charge is 0.494 e. The SMILES string of the molecule is CN1CCN(CCCOc2ccc(N3C(=O)C(=Cc4ccc(Cl)c(Cl)c4)SC3=S)cc2)CC1. The van der Waals surface area contributed by atoms with Crippen molar-refractivity contribution in [3.05, 3.63) is 63.0 Å². The summed E-state index contributed by atoms with van der Waals surface area (Å²) in [6, 6.07) is 12.7. The zero-order valence-corrected chi connectivity index (χ0v) is 21.4. The van der Waals surface area contributed by atoms with Crippen molar-refractivity contribution in [2.24, 2.45) is 0 Å². The number of amides is 1. The third kappa shape index (κ3) is 6.29. The number of hydrogen-bond acceptors (Lipinski definition) is 6. The minimum absolute atomic E-state index is 0.156. The van der Waals surface area contributed by atoms with Crippen molar-refractivity contribution >= 4 is 69.2 Å². The maximum Gasteiger partial charge on any atom is 0.270 e. The lowest BCUT2D eigenvalue weighted by molar-refractivity contribution is -0.113. The molecular weight excluding hydrogens is 497 g/mol. The minimum atomic E-state index is -0.156. The Bertz CT molecular complexity index is 1050. The molecule has 2 heterocycles. The second-order valence-corrected chi connectivity index (χ2v) is 10.5. The van der Waals surface area contributed by atoms with Gasteiger partial charge in [-0.1, -0.05) is 53.2 Å². The molecule has 1 amide bonds. The Morgan fingerprint density at radius 3 is 2.48 bits per heavy atom. The van der Waals surface area contributed by atoms with Crippen LogP contribution in [0.4, 0.5) is 5.69 Å². The summed E-state index contributed by atoms with van der Waals surface area (Å²) in [5.74, 6) is 0.630. The normalized spacial score (nSPS) is 19.0. The van der Waals surface area contributed by atoms with Crippen LogP contribution in [0.1, 0.15) is 12.0 Å². The van der Waals surface area contributed by atoms with E-state index in [4.69, 9.17) is 40.2 Å². The van der Waals surface area contributed by atoms with Gasteiger partial charge >= 0.3 is 0 Å². The van der Waals surface area contributed by atoms with Crippen molar-refractivity contribution in [1.82, 2.24) is 9.80 Å². The van der Waals surface area contributed by atoms with Crippen LogP contribution >= 0.6 is 47.2 Å². The summed E-state index contributed by atoms with van der Waals surface area (Å²) >= 11 is 18.8. The highest BCUT2D eigenvalue weighted by Gasteiger charge is 2.33. The van der Waals surface area contributed by atoms with E-state index in [0.29, 0.717) is 25.9 Å². The number of rotatable bonds is 7. The number of carbonyl (C=O) groups excluding carboxylic acids is 1. The molecule has 2 saturated heterocycles. The molecule has 2 fully saturated rings. The molecule has 5 nitrogen and oxygen atoms in total. The predicted octanol–water partition coefficient (Wildman–Crippen LogP) is 5.42. The monoisotopic (exact) mass is 521 g/mol. The van der Waals surface area contributed by atoms with E-state index < -0.39 is 0 Å². The van der Waals surface area contributed by atoms with Gasteiger partial charge in [-0.05, 0) is 61.5 Å². The van der Waals surface area contributed by atoms with Gasteiger partial charge in [-0.3, -0.25) is 9.69 Å². The van der Waals surface area contributed by atoms with E-state index >= 15 is 0 Å². The van der Waals surface area contributed by atoms with E-state index in [1.807, 2.05) is 30.3 Å². The molecule has 0 spiro atoms. The molecule has 0 aromatic heterocycles. The van der Waals surface area contributed by atoms with Crippen LogP contribution < -0.4 is 9.64 Å². The highest BCUT2D eigenvalue weighted by Crippen LogP contribution is 2.37. The van der Waals surface area contributed by atoms with E-state index in [0.717, 1.165) is 56.1 Å². The van der Waals surface area contributed by atoms with Gasteiger partial charge in [0.1, 0.15) is 5.75 Å².